The van der Waals surface area contributed by atoms with Crippen LogP contribution >= 0.6 is 0 Å². The first-order valence-electron chi connectivity index (χ1n) is 9.39. The van der Waals surface area contributed by atoms with Crippen molar-refractivity contribution in [3.8, 4) is 5.88 Å². The Hall–Kier alpha value is -1.86. The summed E-state index contributed by atoms with van der Waals surface area (Å²) in [6, 6.07) is 3.89. The molecule has 26 heavy (non-hydrogen) atoms. The van der Waals surface area contributed by atoms with Gasteiger partial charge in [-0.3, -0.25) is 4.99 Å². The molecule has 0 amide bonds. The number of nitrogens with one attached hydrogen (secondary N) is 2. The van der Waals surface area contributed by atoms with E-state index in [4.69, 9.17) is 14.2 Å². The summed E-state index contributed by atoms with van der Waals surface area (Å²) < 4.78 is 16.6. The van der Waals surface area contributed by atoms with Crippen molar-refractivity contribution in [3.63, 3.8) is 0 Å². The highest BCUT2D eigenvalue weighted by Gasteiger charge is 2.15. The smallest absolute Gasteiger partial charge is 0.213 e. The molecule has 1 unspecified atom stereocenters. The van der Waals surface area contributed by atoms with E-state index < -0.39 is 0 Å². The van der Waals surface area contributed by atoms with Gasteiger partial charge in [0.1, 0.15) is 0 Å². The number of guanidine groups is 1. The fourth-order valence-electron chi connectivity index (χ4n) is 2.58. The first-order chi connectivity index (χ1) is 12.7. The van der Waals surface area contributed by atoms with Crippen molar-refractivity contribution in [2.75, 3.05) is 40.0 Å². The van der Waals surface area contributed by atoms with Crippen LogP contribution in [0, 0.1) is 5.92 Å². The molecule has 0 saturated carbocycles. The van der Waals surface area contributed by atoms with E-state index in [2.05, 4.69) is 20.6 Å². The number of aromatic nitrogens is 1. The van der Waals surface area contributed by atoms with Crippen molar-refractivity contribution >= 4 is 5.96 Å². The molecule has 7 heteroatoms. The lowest BCUT2D eigenvalue weighted by atomic mass is 10.1. The summed E-state index contributed by atoms with van der Waals surface area (Å²) in [6.07, 6.45) is 4.01. The summed E-state index contributed by atoms with van der Waals surface area (Å²) in [5.74, 6) is 2.00. The normalized spacial score (nSPS) is 17.5. The molecule has 0 radical (unpaired) electrons. The molecule has 146 valence electrons. The molecule has 0 aromatic carbocycles. The maximum Gasteiger partial charge on any atom is 0.213 e. The zero-order valence-corrected chi connectivity index (χ0v) is 16.2. The van der Waals surface area contributed by atoms with Gasteiger partial charge in [-0.2, -0.15) is 0 Å². The van der Waals surface area contributed by atoms with Crippen molar-refractivity contribution in [3.05, 3.63) is 23.9 Å². The number of aliphatic imine (C=N–C) groups is 1. The van der Waals surface area contributed by atoms with Gasteiger partial charge in [0.25, 0.3) is 0 Å². The largest absolute Gasteiger partial charge is 0.475 e. The molecule has 1 saturated heterocycles. The lowest BCUT2D eigenvalue weighted by molar-refractivity contribution is 0.0888. The van der Waals surface area contributed by atoms with Crippen LogP contribution in [0.15, 0.2) is 23.3 Å². The number of ether oxygens (including phenoxy) is 3. The molecule has 0 spiro atoms. The van der Waals surface area contributed by atoms with E-state index in [9.17, 15) is 0 Å². The third-order valence-corrected chi connectivity index (χ3v) is 3.97. The van der Waals surface area contributed by atoms with E-state index in [0.717, 1.165) is 57.3 Å². The Morgan fingerprint density at radius 3 is 2.92 bits per heavy atom. The van der Waals surface area contributed by atoms with E-state index in [-0.39, 0.29) is 6.10 Å². The fraction of sp³-hybridized carbons (Fsp3) is 0.684. The SMILES string of the molecule is CN=C(NCCCOCC1CCOC1)NCc1ccc(OC(C)C)nc1. The van der Waals surface area contributed by atoms with Crippen LogP contribution in [-0.2, 0) is 16.0 Å². The number of nitrogens with zero attached hydrogens (tertiary/aromatic N) is 2. The van der Waals surface area contributed by atoms with Crippen molar-refractivity contribution in [1.29, 1.82) is 0 Å². The highest BCUT2D eigenvalue weighted by Crippen LogP contribution is 2.12. The summed E-state index contributed by atoms with van der Waals surface area (Å²) in [6.45, 7) is 8.72. The Morgan fingerprint density at radius 2 is 2.27 bits per heavy atom. The Balaban J connectivity index is 1.57. The minimum atomic E-state index is 0.130. The molecule has 2 heterocycles. The van der Waals surface area contributed by atoms with Crippen molar-refractivity contribution in [2.24, 2.45) is 10.9 Å². The molecule has 1 aliphatic heterocycles. The van der Waals surface area contributed by atoms with Gasteiger partial charge in [-0.25, -0.2) is 4.98 Å². The van der Waals surface area contributed by atoms with Gasteiger partial charge in [0.15, 0.2) is 5.96 Å². The van der Waals surface area contributed by atoms with Crippen molar-refractivity contribution < 1.29 is 14.2 Å². The van der Waals surface area contributed by atoms with Crippen LogP contribution in [0.4, 0.5) is 0 Å². The van der Waals surface area contributed by atoms with E-state index in [1.807, 2.05) is 32.2 Å². The molecular formula is C19H32N4O3. The van der Waals surface area contributed by atoms with Crippen LogP contribution in [0.3, 0.4) is 0 Å². The second-order valence-corrected chi connectivity index (χ2v) is 6.68. The van der Waals surface area contributed by atoms with Gasteiger partial charge in [-0.1, -0.05) is 6.07 Å². The molecule has 1 atom stereocenters. The maximum absolute atomic E-state index is 5.70. The highest BCUT2D eigenvalue weighted by molar-refractivity contribution is 5.79. The minimum Gasteiger partial charge on any atom is -0.475 e. The van der Waals surface area contributed by atoms with Crippen LogP contribution in [0.1, 0.15) is 32.3 Å². The van der Waals surface area contributed by atoms with Crippen LogP contribution in [0.2, 0.25) is 0 Å². The maximum atomic E-state index is 5.70. The molecule has 1 aliphatic rings. The monoisotopic (exact) mass is 364 g/mol. The lowest BCUT2D eigenvalue weighted by Crippen LogP contribution is -2.37. The van der Waals surface area contributed by atoms with Gasteiger partial charge in [-0.05, 0) is 32.3 Å². The highest BCUT2D eigenvalue weighted by atomic mass is 16.5. The third kappa shape index (κ3) is 8.01. The molecule has 2 N–H and O–H groups in total. The van der Waals surface area contributed by atoms with Crippen molar-refractivity contribution in [2.45, 2.75) is 39.3 Å². The second kappa shape index (κ2) is 11.7. The van der Waals surface area contributed by atoms with Gasteiger partial charge < -0.3 is 24.8 Å². The minimum absolute atomic E-state index is 0.130. The number of hydrogen-bond donors (Lipinski definition) is 2. The van der Waals surface area contributed by atoms with Gasteiger partial charge >= 0.3 is 0 Å². The average Bonchev–Trinajstić information content (AvgIpc) is 3.14. The van der Waals surface area contributed by atoms with Crippen LogP contribution in [-0.4, -0.2) is 57.1 Å². The van der Waals surface area contributed by atoms with Crippen LogP contribution in [0.5, 0.6) is 5.88 Å². The Bertz CT molecular complexity index is 528. The molecule has 0 aliphatic carbocycles. The number of hydrogen-bond acceptors (Lipinski definition) is 5. The van der Waals surface area contributed by atoms with Crippen LogP contribution < -0.4 is 15.4 Å². The number of rotatable bonds is 10. The first kappa shape index (κ1) is 20.5. The fourth-order valence-corrected chi connectivity index (χ4v) is 2.58. The summed E-state index contributed by atoms with van der Waals surface area (Å²) in [7, 11) is 1.77. The van der Waals surface area contributed by atoms with Gasteiger partial charge in [-0.15, -0.1) is 0 Å². The van der Waals surface area contributed by atoms with Crippen molar-refractivity contribution in [1.82, 2.24) is 15.6 Å². The standard InChI is InChI=1S/C19H32N4O3/c1-15(2)26-18-6-5-16(11-22-18)12-23-19(20-3)21-8-4-9-24-13-17-7-10-25-14-17/h5-6,11,15,17H,4,7-10,12-14H2,1-3H3,(H2,20,21,23). The number of pyridine rings is 1. The average molecular weight is 364 g/mol. The van der Waals surface area contributed by atoms with Gasteiger partial charge in [0, 0.05) is 51.5 Å². The summed E-state index contributed by atoms with van der Waals surface area (Å²) in [5, 5.41) is 6.58. The molecule has 7 nitrogen and oxygen atoms in total. The Labute approximate surface area is 156 Å². The van der Waals surface area contributed by atoms with Gasteiger partial charge in [0.05, 0.1) is 19.3 Å². The zero-order chi connectivity index (χ0) is 18.6. The summed E-state index contributed by atoms with van der Waals surface area (Å²) >= 11 is 0. The predicted octanol–water partition coefficient (Wildman–Crippen LogP) is 1.98. The van der Waals surface area contributed by atoms with E-state index in [0.29, 0.717) is 18.3 Å². The predicted molar refractivity (Wildman–Crippen MR) is 103 cm³/mol. The topological polar surface area (TPSA) is 77.0 Å². The third-order valence-electron chi connectivity index (χ3n) is 3.97. The Kier molecular flexibility index (Phi) is 9.20. The molecular weight excluding hydrogens is 332 g/mol. The van der Waals surface area contributed by atoms with E-state index in [1.165, 1.54) is 0 Å². The Morgan fingerprint density at radius 1 is 1.38 bits per heavy atom. The van der Waals surface area contributed by atoms with Crippen LogP contribution in [0.25, 0.3) is 0 Å². The van der Waals surface area contributed by atoms with E-state index >= 15 is 0 Å². The molecule has 1 fully saturated rings. The molecule has 2 rings (SSSR count). The molecule has 0 bridgehead atoms. The lowest BCUT2D eigenvalue weighted by Gasteiger charge is -2.13. The van der Waals surface area contributed by atoms with E-state index in [1.54, 1.807) is 7.05 Å². The van der Waals surface area contributed by atoms with Gasteiger partial charge in [0.2, 0.25) is 5.88 Å². The first-order valence-corrected chi connectivity index (χ1v) is 9.39. The molecule has 1 aromatic rings. The zero-order valence-electron chi connectivity index (χ0n) is 16.2. The summed E-state index contributed by atoms with van der Waals surface area (Å²) in [4.78, 5) is 8.54. The quantitative estimate of drug-likeness (QED) is 0.376. The molecule has 1 aromatic heterocycles. The second-order valence-electron chi connectivity index (χ2n) is 6.68. The summed E-state index contributed by atoms with van der Waals surface area (Å²) in [5.41, 5.74) is 1.08.